The van der Waals surface area contributed by atoms with Crippen LogP contribution in [0, 0.1) is 11.3 Å². The number of hydrogen-bond acceptors (Lipinski definition) is 3. The van der Waals surface area contributed by atoms with E-state index in [0.717, 1.165) is 12.8 Å². The van der Waals surface area contributed by atoms with E-state index in [0.29, 0.717) is 6.42 Å². The lowest BCUT2D eigenvalue weighted by atomic mass is 10.1. The first-order chi connectivity index (χ1) is 8.31. The number of carbonyl (C=O) groups is 1. The number of carbonyl (C=O) groups excluding carboxylic acids is 1. The maximum absolute atomic E-state index is 11.0. The van der Waals surface area contributed by atoms with Crippen LogP contribution in [0.3, 0.4) is 0 Å². The average molecular weight is 239 g/mol. The van der Waals surface area contributed by atoms with Gasteiger partial charge in [0.2, 0.25) is 0 Å². The molecule has 17 heavy (non-hydrogen) atoms. The fourth-order valence-electron chi connectivity index (χ4n) is 1.76. The molecular weight excluding hydrogens is 214 g/mol. The van der Waals surface area contributed by atoms with Crippen LogP contribution in [0.2, 0.25) is 0 Å². The zero-order chi connectivity index (χ0) is 12.8. The van der Waals surface area contributed by atoms with Gasteiger partial charge in [0.25, 0.3) is 0 Å². The smallest absolute Gasteiger partial charge is 0.306 e. The number of nitrogens with zero attached hydrogens (tertiary/aromatic N) is 1. The van der Waals surface area contributed by atoms with Crippen molar-refractivity contribution in [3.8, 4) is 6.07 Å². The van der Waals surface area contributed by atoms with Crippen LogP contribution in [-0.4, -0.2) is 12.6 Å². The summed E-state index contributed by atoms with van der Waals surface area (Å²) in [7, 11) is 0. The van der Waals surface area contributed by atoms with Crippen molar-refractivity contribution in [3.05, 3.63) is 0 Å². The molecule has 98 valence electrons. The zero-order valence-electron chi connectivity index (χ0n) is 11.0. The third-order valence-electron chi connectivity index (χ3n) is 2.78. The van der Waals surface area contributed by atoms with Crippen molar-refractivity contribution < 1.29 is 9.53 Å². The highest BCUT2D eigenvalue weighted by Gasteiger charge is 2.01. The van der Waals surface area contributed by atoms with Gasteiger partial charge in [-0.2, -0.15) is 5.26 Å². The van der Waals surface area contributed by atoms with Gasteiger partial charge in [-0.05, 0) is 6.42 Å². The van der Waals surface area contributed by atoms with E-state index in [4.69, 9.17) is 5.26 Å². The van der Waals surface area contributed by atoms with Crippen molar-refractivity contribution in [3.63, 3.8) is 0 Å². The fraction of sp³-hybridized carbons (Fsp3) is 0.857. The number of esters is 1. The van der Waals surface area contributed by atoms with Crippen molar-refractivity contribution in [1.82, 2.24) is 0 Å². The molecular formula is C14H25NO2. The Morgan fingerprint density at radius 2 is 1.53 bits per heavy atom. The average Bonchev–Trinajstić information content (AvgIpc) is 2.34. The quantitative estimate of drug-likeness (QED) is 0.405. The van der Waals surface area contributed by atoms with Crippen molar-refractivity contribution in [2.24, 2.45) is 0 Å². The van der Waals surface area contributed by atoms with E-state index in [9.17, 15) is 4.79 Å². The summed E-state index contributed by atoms with van der Waals surface area (Å²) in [6.07, 6.45) is 11.6. The second-order valence-electron chi connectivity index (χ2n) is 4.40. The van der Waals surface area contributed by atoms with Crippen LogP contribution in [0.15, 0.2) is 0 Å². The molecule has 0 unspecified atom stereocenters. The van der Waals surface area contributed by atoms with Crippen molar-refractivity contribution in [1.29, 1.82) is 5.26 Å². The van der Waals surface area contributed by atoms with Crippen molar-refractivity contribution >= 4 is 5.97 Å². The zero-order valence-corrected chi connectivity index (χ0v) is 11.0. The van der Waals surface area contributed by atoms with E-state index in [1.165, 1.54) is 44.9 Å². The van der Waals surface area contributed by atoms with Gasteiger partial charge in [-0.3, -0.25) is 4.79 Å². The van der Waals surface area contributed by atoms with Gasteiger partial charge < -0.3 is 4.74 Å². The second-order valence-corrected chi connectivity index (χ2v) is 4.40. The van der Waals surface area contributed by atoms with Crippen LogP contribution in [0.4, 0.5) is 0 Å². The summed E-state index contributed by atoms with van der Waals surface area (Å²) in [6.45, 7) is 2.11. The molecule has 0 fully saturated rings. The molecule has 0 aromatic carbocycles. The molecule has 0 rings (SSSR count). The monoisotopic (exact) mass is 239 g/mol. The topological polar surface area (TPSA) is 50.1 Å². The molecule has 0 heterocycles. The first kappa shape index (κ1) is 16.0. The first-order valence-corrected chi connectivity index (χ1v) is 6.83. The summed E-state index contributed by atoms with van der Waals surface area (Å²) in [5.41, 5.74) is 0. The van der Waals surface area contributed by atoms with Crippen molar-refractivity contribution in [2.45, 2.75) is 71.1 Å². The maximum Gasteiger partial charge on any atom is 0.306 e. The molecule has 0 N–H and O–H groups in total. The van der Waals surface area contributed by atoms with E-state index < -0.39 is 0 Å². The Morgan fingerprint density at radius 3 is 2.06 bits per heavy atom. The molecule has 0 aliphatic heterocycles. The molecule has 0 aliphatic carbocycles. The van der Waals surface area contributed by atoms with Gasteiger partial charge in [0.15, 0.2) is 6.61 Å². The molecule has 0 aromatic rings. The summed E-state index contributed by atoms with van der Waals surface area (Å²) >= 11 is 0. The second kappa shape index (κ2) is 13.0. The Bertz CT molecular complexity index is 221. The molecule has 0 saturated carbocycles. The van der Waals surface area contributed by atoms with Gasteiger partial charge in [0, 0.05) is 6.42 Å². The molecule has 0 aromatic heterocycles. The molecule has 3 heteroatoms. The number of hydrogen-bond donors (Lipinski definition) is 0. The molecule has 0 amide bonds. The Kier molecular flexibility index (Phi) is 12.2. The van der Waals surface area contributed by atoms with Gasteiger partial charge in [-0.25, -0.2) is 0 Å². The van der Waals surface area contributed by atoms with Gasteiger partial charge >= 0.3 is 5.97 Å². The Hall–Kier alpha value is -1.04. The number of nitriles is 1. The molecule has 0 atom stereocenters. The lowest BCUT2D eigenvalue weighted by Gasteiger charge is -2.02. The minimum atomic E-state index is -0.241. The highest BCUT2D eigenvalue weighted by Crippen LogP contribution is 2.10. The highest BCUT2D eigenvalue weighted by molar-refractivity contribution is 5.69. The maximum atomic E-state index is 11.0. The van der Waals surface area contributed by atoms with Crippen LogP contribution >= 0.6 is 0 Å². The summed E-state index contributed by atoms with van der Waals surface area (Å²) in [6, 6.07) is 1.79. The van der Waals surface area contributed by atoms with E-state index in [-0.39, 0.29) is 12.6 Å². The molecule has 0 aliphatic rings. The standard InChI is InChI=1S/C14H25NO2/c1-2-3-4-5-6-7-8-9-10-11-14(16)17-13-12-15/h2-11,13H2,1H3. The lowest BCUT2D eigenvalue weighted by Crippen LogP contribution is -2.03. The minimum absolute atomic E-state index is 0.115. The SMILES string of the molecule is CCCCCCCCCCCC(=O)OCC#N. The highest BCUT2D eigenvalue weighted by atomic mass is 16.5. The van der Waals surface area contributed by atoms with E-state index in [1.807, 2.05) is 0 Å². The third kappa shape index (κ3) is 12.9. The van der Waals surface area contributed by atoms with E-state index in [2.05, 4.69) is 11.7 Å². The first-order valence-electron chi connectivity index (χ1n) is 6.83. The molecule has 0 radical (unpaired) electrons. The number of unbranched alkanes of at least 4 members (excludes halogenated alkanes) is 8. The lowest BCUT2D eigenvalue weighted by molar-refractivity contribution is -0.142. The van der Waals surface area contributed by atoms with Crippen LogP contribution in [0.1, 0.15) is 71.1 Å². The summed E-state index contributed by atoms with van der Waals surface area (Å²) in [4.78, 5) is 11.0. The fourth-order valence-corrected chi connectivity index (χ4v) is 1.76. The van der Waals surface area contributed by atoms with Crippen LogP contribution in [-0.2, 0) is 9.53 Å². The van der Waals surface area contributed by atoms with Crippen LogP contribution in [0.5, 0.6) is 0 Å². The summed E-state index contributed by atoms with van der Waals surface area (Å²) in [5.74, 6) is -0.241. The van der Waals surface area contributed by atoms with E-state index in [1.54, 1.807) is 6.07 Å². The Morgan fingerprint density at radius 1 is 1.00 bits per heavy atom. The van der Waals surface area contributed by atoms with Crippen LogP contribution < -0.4 is 0 Å². The van der Waals surface area contributed by atoms with Gasteiger partial charge in [0.1, 0.15) is 6.07 Å². The molecule has 0 saturated heterocycles. The number of ether oxygens (including phenoxy) is 1. The van der Waals surface area contributed by atoms with E-state index >= 15 is 0 Å². The largest absolute Gasteiger partial charge is 0.450 e. The normalized spacial score (nSPS) is 9.88. The van der Waals surface area contributed by atoms with Crippen molar-refractivity contribution in [2.75, 3.05) is 6.61 Å². The molecule has 0 bridgehead atoms. The summed E-state index contributed by atoms with van der Waals surface area (Å²) < 4.78 is 4.66. The molecule has 3 nitrogen and oxygen atoms in total. The van der Waals surface area contributed by atoms with Gasteiger partial charge in [0.05, 0.1) is 0 Å². The van der Waals surface area contributed by atoms with Gasteiger partial charge in [-0.15, -0.1) is 0 Å². The van der Waals surface area contributed by atoms with Gasteiger partial charge in [-0.1, -0.05) is 58.3 Å². The predicted molar refractivity (Wildman–Crippen MR) is 68.4 cm³/mol. The molecule has 0 spiro atoms. The Balaban J connectivity index is 3.08. The predicted octanol–water partition coefficient (Wildman–Crippen LogP) is 3.97. The van der Waals surface area contributed by atoms with Crippen LogP contribution in [0.25, 0.3) is 0 Å². The number of rotatable bonds is 11. The third-order valence-corrected chi connectivity index (χ3v) is 2.78. The Labute approximate surface area is 105 Å². The minimum Gasteiger partial charge on any atom is -0.450 e. The summed E-state index contributed by atoms with van der Waals surface area (Å²) in [5, 5.41) is 8.22.